The number of nitrogens with one attached hydrogen (secondary N) is 1. The number of hydrogen-bond donors (Lipinski definition) is 1. The third-order valence-corrected chi connectivity index (χ3v) is 2.25. The van der Waals surface area contributed by atoms with Crippen LogP contribution in [0, 0.1) is 0 Å². The first-order chi connectivity index (χ1) is 6.45. The first kappa shape index (κ1) is 8.12. The molecule has 0 saturated carbocycles. The fourth-order valence-corrected chi connectivity index (χ4v) is 1.42. The second-order valence-electron chi connectivity index (χ2n) is 2.39. The normalized spacial score (nSPS) is 9.85. The van der Waals surface area contributed by atoms with Crippen molar-refractivity contribution in [1.29, 1.82) is 0 Å². The third-order valence-electron chi connectivity index (χ3n) is 1.47. The van der Waals surface area contributed by atoms with Crippen LogP contribution in [-0.4, -0.2) is 15.0 Å². The third kappa shape index (κ3) is 2.22. The zero-order valence-corrected chi connectivity index (χ0v) is 7.66. The summed E-state index contributed by atoms with van der Waals surface area (Å²) in [6.45, 7) is 0.731. The molecule has 13 heavy (non-hydrogen) atoms. The molecule has 2 rings (SSSR count). The Morgan fingerprint density at radius 2 is 2.15 bits per heavy atom. The molecule has 2 aromatic heterocycles. The van der Waals surface area contributed by atoms with Crippen LogP contribution in [0.2, 0.25) is 0 Å². The molecule has 5 heteroatoms. The van der Waals surface area contributed by atoms with E-state index in [1.165, 1.54) is 4.88 Å². The predicted molar refractivity (Wildman–Crippen MR) is 51.5 cm³/mol. The van der Waals surface area contributed by atoms with Gasteiger partial charge in [0.1, 0.15) is 0 Å². The minimum absolute atomic E-state index is 0.649. The lowest BCUT2D eigenvalue weighted by atomic mass is 10.5. The van der Waals surface area contributed by atoms with Crippen LogP contribution >= 0.6 is 11.3 Å². The van der Waals surface area contributed by atoms with E-state index in [1.807, 2.05) is 11.7 Å². The van der Waals surface area contributed by atoms with Crippen molar-refractivity contribution in [3.8, 4) is 0 Å². The highest BCUT2D eigenvalue weighted by Gasteiger charge is 1.95. The van der Waals surface area contributed by atoms with Gasteiger partial charge in [-0.2, -0.15) is 0 Å². The lowest BCUT2D eigenvalue weighted by molar-refractivity contribution is 1.07. The minimum Gasteiger partial charge on any atom is -0.349 e. The summed E-state index contributed by atoms with van der Waals surface area (Å²) in [6.07, 6.45) is 5.25. The number of anilines is 1. The lowest BCUT2D eigenvalue weighted by Crippen LogP contribution is -2.01. The first-order valence-corrected chi connectivity index (χ1v) is 4.71. The van der Waals surface area contributed by atoms with Crippen molar-refractivity contribution in [2.45, 2.75) is 6.54 Å². The van der Waals surface area contributed by atoms with Crippen LogP contribution in [0.25, 0.3) is 0 Å². The first-order valence-electron chi connectivity index (χ1n) is 3.83. The Bertz CT molecular complexity index is 346. The predicted octanol–water partition coefficient (Wildman–Crippen LogP) is 1.55. The molecular weight excluding hydrogens is 184 g/mol. The zero-order chi connectivity index (χ0) is 8.93. The summed E-state index contributed by atoms with van der Waals surface area (Å²) in [5, 5.41) is 3.10. The van der Waals surface area contributed by atoms with Crippen LogP contribution in [-0.2, 0) is 6.54 Å². The maximum absolute atomic E-state index is 4.04. The molecule has 0 aliphatic rings. The summed E-state index contributed by atoms with van der Waals surface area (Å²) < 4.78 is 0. The van der Waals surface area contributed by atoms with Crippen molar-refractivity contribution in [3.05, 3.63) is 35.0 Å². The monoisotopic (exact) mass is 192 g/mol. The molecule has 2 heterocycles. The molecular formula is C8H8N4S. The molecule has 0 atom stereocenters. The van der Waals surface area contributed by atoms with Crippen molar-refractivity contribution in [2.75, 3.05) is 5.32 Å². The van der Waals surface area contributed by atoms with E-state index in [0.717, 1.165) is 6.54 Å². The number of nitrogens with zero attached hydrogens (tertiary/aromatic N) is 3. The van der Waals surface area contributed by atoms with Crippen LogP contribution in [0.5, 0.6) is 0 Å². The average molecular weight is 192 g/mol. The van der Waals surface area contributed by atoms with Gasteiger partial charge in [0, 0.05) is 23.5 Å². The van der Waals surface area contributed by atoms with Gasteiger partial charge in [0.05, 0.1) is 12.1 Å². The van der Waals surface area contributed by atoms with E-state index in [4.69, 9.17) is 0 Å². The van der Waals surface area contributed by atoms with E-state index in [-0.39, 0.29) is 0 Å². The number of thiazole rings is 1. The molecule has 0 unspecified atom stereocenters. The Kier molecular flexibility index (Phi) is 2.47. The largest absolute Gasteiger partial charge is 0.349 e. The summed E-state index contributed by atoms with van der Waals surface area (Å²) >= 11 is 1.61. The Morgan fingerprint density at radius 3 is 2.85 bits per heavy atom. The molecule has 0 aromatic carbocycles. The molecule has 0 aliphatic carbocycles. The second-order valence-corrected chi connectivity index (χ2v) is 3.36. The van der Waals surface area contributed by atoms with Gasteiger partial charge in [-0.25, -0.2) is 9.97 Å². The van der Waals surface area contributed by atoms with Crippen LogP contribution in [0.15, 0.2) is 30.2 Å². The molecule has 66 valence electrons. The molecule has 0 aliphatic heterocycles. The highest BCUT2D eigenvalue weighted by Crippen LogP contribution is 2.06. The molecule has 4 nitrogen and oxygen atoms in total. The van der Waals surface area contributed by atoms with Crippen LogP contribution in [0.1, 0.15) is 4.88 Å². The van der Waals surface area contributed by atoms with Crippen molar-refractivity contribution >= 4 is 17.3 Å². The number of rotatable bonds is 3. The molecule has 1 N–H and O–H groups in total. The smallest absolute Gasteiger partial charge is 0.222 e. The maximum atomic E-state index is 4.04. The van der Waals surface area contributed by atoms with Gasteiger partial charge in [0.2, 0.25) is 5.95 Å². The maximum Gasteiger partial charge on any atom is 0.222 e. The molecule has 0 radical (unpaired) electrons. The van der Waals surface area contributed by atoms with Gasteiger partial charge >= 0.3 is 0 Å². The summed E-state index contributed by atoms with van der Waals surface area (Å²) in [5.41, 5.74) is 1.81. The quantitative estimate of drug-likeness (QED) is 0.801. The van der Waals surface area contributed by atoms with Gasteiger partial charge < -0.3 is 5.32 Å². The topological polar surface area (TPSA) is 50.7 Å². The van der Waals surface area contributed by atoms with Crippen molar-refractivity contribution in [1.82, 2.24) is 15.0 Å². The van der Waals surface area contributed by atoms with Gasteiger partial charge in [-0.15, -0.1) is 11.3 Å². The van der Waals surface area contributed by atoms with Gasteiger partial charge in [-0.1, -0.05) is 0 Å². The summed E-state index contributed by atoms with van der Waals surface area (Å²) in [6, 6.07) is 1.79. The van der Waals surface area contributed by atoms with Gasteiger partial charge in [-0.3, -0.25) is 4.98 Å². The van der Waals surface area contributed by atoms with E-state index >= 15 is 0 Å². The van der Waals surface area contributed by atoms with E-state index in [9.17, 15) is 0 Å². The van der Waals surface area contributed by atoms with Gasteiger partial charge in [0.25, 0.3) is 0 Å². The van der Waals surface area contributed by atoms with E-state index in [0.29, 0.717) is 5.95 Å². The lowest BCUT2D eigenvalue weighted by Gasteiger charge is -1.99. The molecule has 0 saturated heterocycles. The Hall–Kier alpha value is -1.49. The zero-order valence-electron chi connectivity index (χ0n) is 6.84. The van der Waals surface area contributed by atoms with E-state index < -0.39 is 0 Å². The standard InChI is InChI=1S/C8H8N4S/c1-2-10-8(11-3-1)12-5-7-4-9-6-13-7/h1-4,6H,5H2,(H,10,11,12). The van der Waals surface area contributed by atoms with E-state index in [2.05, 4.69) is 20.3 Å². The highest BCUT2D eigenvalue weighted by molar-refractivity contribution is 7.09. The van der Waals surface area contributed by atoms with Crippen molar-refractivity contribution in [3.63, 3.8) is 0 Å². The van der Waals surface area contributed by atoms with Crippen molar-refractivity contribution < 1.29 is 0 Å². The highest BCUT2D eigenvalue weighted by atomic mass is 32.1. The Morgan fingerprint density at radius 1 is 1.31 bits per heavy atom. The number of aromatic nitrogens is 3. The molecule has 0 fully saturated rings. The van der Waals surface area contributed by atoms with Gasteiger partial charge in [-0.05, 0) is 6.07 Å². The Labute approximate surface area is 79.7 Å². The van der Waals surface area contributed by atoms with E-state index in [1.54, 1.807) is 29.8 Å². The fraction of sp³-hybridized carbons (Fsp3) is 0.125. The second kappa shape index (κ2) is 3.95. The molecule has 0 spiro atoms. The summed E-state index contributed by atoms with van der Waals surface area (Å²) in [4.78, 5) is 13.2. The molecule has 0 amide bonds. The summed E-state index contributed by atoms with van der Waals surface area (Å²) in [7, 11) is 0. The van der Waals surface area contributed by atoms with Crippen LogP contribution in [0.4, 0.5) is 5.95 Å². The SMILES string of the molecule is c1cnc(NCc2cncs2)nc1. The average Bonchev–Trinajstić information content (AvgIpc) is 2.69. The Balaban J connectivity index is 1.94. The molecule has 0 bridgehead atoms. The van der Waals surface area contributed by atoms with Crippen molar-refractivity contribution in [2.24, 2.45) is 0 Å². The number of hydrogen-bond acceptors (Lipinski definition) is 5. The minimum atomic E-state index is 0.649. The fourth-order valence-electron chi connectivity index (χ4n) is 0.886. The van der Waals surface area contributed by atoms with Gasteiger partial charge in [0.15, 0.2) is 0 Å². The van der Waals surface area contributed by atoms with Crippen LogP contribution in [0.3, 0.4) is 0 Å². The summed E-state index contributed by atoms with van der Waals surface area (Å²) in [5.74, 6) is 0.649. The molecule has 2 aromatic rings. The van der Waals surface area contributed by atoms with Crippen LogP contribution < -0.4 is 5.32 Å².